The number of hydrogen-bond donors (Lipinski definition) is 2. The lowest BCUT2D eigenvalue weighted by molar-refractivity contribution is 0.308. The summed E-state index contributed by atoms with van der Waals surface area (Å²) in [5.41, 5.74) is 7.19. The maximum absolute atomic E-state index is 5.87. The van der Waals surface area contributed by atoms with Crippen LogP contribution in [0.25, 0.3) is 0 Å². The maximum atomic E-state index is 5.87. The number of nitrogens with two attached hydrogens (primary N) is 1. The first kappa shape index (κ1) is 10.5. The van der Waals surface area contributed by atoms with Crippen LogP contribution in [0.15, 0.2) is 0 Å². The molecule has 15 heavy (non-hydrogen) atoms. The Kier molecular flexibility index (Phi) is 2.69. The Balaban J connectivity index is 2.13. The molecule has 0 unspecified atom stereocenters. The summed E-state index contributed by atoms with van der Waals surface area (Å²) < 4.78 is 0. The van der Waals surface area contributed by atoms with Crippen molar-refractivity contribution in [3.8, 4) is 0 Å². The van der Waals surface area contributed by atoms with Crippen molar-refractivity contribution in [3.05, 3.63) is 11.0 Å². The normalized spacial score (nSPS) is 24.7. The maximum Gasteiger partial charge on any atom is 0.224 e. The Hall–Kier alpha value is -1.03. The average molecular weight is 227 g/mol. The van der Waals surface area contributed by atoms with Gasteiger partial charge in [-0.1, -0.05) is 6.92 Å². The lowest BCUT2D eigenvalue weighted by Crippen LogP contribution is -2.34. The predicted molar refractivity (Wildman–Crippen MR) is 62.0 cm³/mol. The first-order valence-electron chi connectivity index (χ1n) is 5.12. The van der Waals surface area contributed by atoms with Crippen LogP contribution in [-0.2, 0) is 0 Å². The van der Waals surface area contributed by atoms with Gasteiger partial charge >= 0.3 is 0 Å². The Morgan fingerprint density at radius 3 is 2.67 bits per heavy atom. The Bertz CT molecular complexity index is 374. The van der Waals surface area contributed by atoms with Crippen LogP contribution in [0.1, 0.15) is 25.5 Å². The Morgan fingerprint density at radius 1 is 1.40 bits per heavy atom. The molecule has 1 aromatic heterocycles. The van der Waals surface area contributed by atoms with Gasteiger partial charge in [-0.2, -0.15) is 4.98 Å². The second-order valence-corrected chi connectivity index (χ2v) is 4.60. The Labute approximate surface area is 94.2 Å². The van der Waals surface area contributed by atoms with Gasteiger partial charge < -0.3 is 11.1 Å². The molecule has 1 aromatic rings. The highest BCUT2D eigenvalue weighted by molar-refractivity contribution is 6.28. The monoisotopic (exact) mass is 226 g/mol. The number of aryl methyl sites for hydroxylation is 1. The van der Waals surface area contributed by atoms with E-state index in [-0.39, 0.29) is 5.28 Å². The molecule has 0 saturated heterocycles. The molecule has 1 aliphatic carbocycles. The smallest absolute Gasteiger partial charge is 0.224 e. The molecule has 82 valence electrons. The summed E-state index contributed by atoms with van der Waals surface area (Å²) in [6, 6.07) is 0.479. The highest BCUT2D eigenvalue weighted by Gasteiger charge is 2.26. The molecule has 0 radical (unpaired) electrons. The molecule has 0 aliphatic heterocycles. The van der Waals surface area contributed by atoms with E-state index in [2.05, 4.69) is 22.2 Å². The van der Waals surface area contributed by atoms with Gasteiger partial charge in [-0.15, -0.1) is 0 Å². The number of nitrogen functional groups attached to an aromatic ring is 1. The second kappa shape index (κ2) is 3.85. The van der Waals surface area contributed by atoms with E-state index in [4.69, 9.17) is 17.3 Å². The highest BCUT2D eigenvalue weighted by atomic mass is 35.5. The largest absolute Gasteiger partial charge is 0.394 e. The van der Waals surface area contributed by atoms with Crippen molar-refractivity contribution in [3.63, 3.8) is 0 Å². The first-order chi connectivity index (χ1) is 7.06. The van der Waals surface area contributed by atoms with Gasteiger partial charge in [0, 0.05) is 6.04 Å². The molecule has 1 heterocycles. The number of nitrogens with zero attached hydrogens (tertiary/aromatic N) is 2. The summed E-state index contributed by atoms with van der Waals surface area (Å²) in [7, 11) is 0. The van der Waals surface area contributed by atoms with Crippen molar-refractivity contribution in [1.29, 1.82) is 0 Å². The average Bonchev–Trinajstić information content (AvgIpc) is 2.10. The summed E-state index contributed by atoms with van der Waals surface area (Å²) in [6.07, 6.45) is 2.33. The molecule has 0 amide bonds. The lowest BCUT2D eigenvalue weighted by atomic mass is 9.82. The molecular formula is C10H15ClN4. The van der Waals surface area contributed by atoms with Gasteiger partial charge in [-0.3, -0.25) is 0 Å². The van der Waals surface area contributed by atoms with Gasteiger partial charge in [0.25, 0.3) is 0 Å². The fourth-order valence-electron chi connectivity index (χ4n) is 1.87. The molecule has 1 aliphatic rings. The van der Waals surface area contributed by atoms with Crippen LogP contribution in [0.5, 0.6) is 0 Å². The number of rotatable bonds is 2. The summed E-state index contributed by atoms with van der Waals surface area (Å²) in [5.74, 6) is 1.46. The van der Waals surface area contributed by atoms with Gasteiger partial charge in [0.15, 0.2) is 5.82 Å². The van der Waals surface area contributed by atoms with Crippen LogP contribution in [0.2, 0.25) is 5.28 Å². The fraction of sp³-hybridized carbons (Fsp3) is 0.600. The number of aromatic nitrogens is 2. The molecule has 3 N–H and O–H groups in total. The second-order valence-electron chi connectivity index (χ2n) is 4.26. The Morgan fingerprint density at radius 2 is 2.07 bits per heavy atom. The minimum Gasteiger partial charge on any atom is -0.394 e. The van der Waals surface area contributed by atoms with Gasteiger partial charge in [-0.25, -0.2) is 4.98 Å². The van der Waals surface area contributed by atoms with Crippen molar-refractivity contribution in [2.75, 3.05) is 11.1 Å². The van der Waals surface area contributed by atoms with Crippen LogP contribution in [0.4, 0.5) is 11.5 Å². The number of nitrogens with one attached hydrogen (secondary N) is 1. The van der Waals surface area contributed by atoms with Crippen LogP contribution in [0.3, 0.4) is 0 Å². The van der Waals surface area contributed by atoms with Crippen molar-refractivity contribution < 1.29 is 0 Å². The standard InChI is InChI=1S/C10H15ClN4/c1-5-3-7(4-5)14-9-8(12)6(2)13-10(11)15-9/h5,7H,3-4,12H2,1-2H3,(H,13,14,15). The molecular weight excluding hydrogens is 212 g/mol. The topological polar surface area (TPSA) is 63.8 Å². The third-order valence-corrected chi connectivity index (χ3v) is 2.99. The molecule has 1 saturated carbocycles. The zero-order valence-corrected chi connectivity index (χ0v) is 9.67. The number of hydrogen-bond acceptors (Lipinski definition) is 4. The van der Waals surface area contributed by atoms with Crippen molar-refractivity contribution in [1.82, 2.24) is 9.97 Å². The van der Waals surface area contributed by atoms with E-state index >= 15 is 0 Å². The zero-order chi connectivity index (χ0) is 11.0. The molecule has 5 heteroatoms. The van der Waals surface area contributed by atoms with Gasteiger partial charge in [0.1, 0.15) is 0 Å². The summed E-state index contributed by atoms with van der Waals surface area (Å²) in [5, 5.41) is 3.54. The van der Waals surface area contributed by atoms with Crippen LogP contribution < -0.4 is 11.1 Å². The predicted octanol–water partition coefficient (Wildman–Crippen LogP) is 2.23. The van der Waals surface area contributed by atoms with E-state index in [1.165, 1.54) is 12.8 Å². The molecule has 0 bridgehead atoms. The van der Waals surface area contributed by atoms with E-state index in [1.807, 2.05) is 6.92 Å². The van der Waals surface area contributed by atoms with Gasteiger partial charge in [0.2, 0.25) is 5.28 Å². The van der Waals surface area contributed by atoms with Crippen LogP contribution in [0, 0.1) is 12.8 Å². The van der Waals surface area contributed by atoms with Crippen LogP contribution in [-0.4, -0.2) is 16.0 Å². The summed E-state index contributed by atoms with van der Waals surface area (Å²) >= 11 is 5.78. The van der Waals surface area contributed by atoms with Crippen LogP contribution >= 0.6 is 11.6 Å². The van der Waals surface area contributed by atoms with E-state index in [0.717, 1.165) is 11.6 Å². The van der Waals surface area contributed by atoms with Crippen molar-refractivity contribution in [2.45, 2.75) is 32.7 Å². The van der Waals surface area contributed by atoms with E-state index in [9.17, 15) is 0 Å². The molecule has 4 nitrogen and oxygen atoms in total. The fourth-order valence-corrected chi connectivity index (χ4v) is 2.08. The molecule has 2 rings (SSSR count). The quantitative estimate of drug-likeness (QED) is 0.760. The minimum absolute atomic E-state index is 0.247. The lowest BCUT2D eigenvalue weighted by Gasteiger charge is -2.33. The van der Waals surface area contributed by atoms with E-state index in [0.29, 0.717) is 17.5 Å². The number of anilines is 2. The summed E-state index contributed by atoms with van der Waals surface area (Å²) in [6.45, 7) is 4.07. The summed E-state index contributed by atoms with van der Waals surface area (Å²) in [4.78, 5) is 8.09. The molecule has 1 fully saturated rings. The molecule has 0 atom stereocenters. The SMILES string of the molecule is Cc1nc(Cl)nc(NC2CC(C)C2)c1N. The molecule has 0 spiro atoms. The van der Waals surface area contributed by atoms with Crippen molar-refractivity contribution in [2.24, 2.45) is 5.92 Å². The van der Waals surface area contributed by atoms with Crippen molar-refractivity contribution >= 4 is 23.1 Å². The third kappa shape index (κ3) is 2.15. The number of halogens is 1. The van der Waals surface area contributed by atoms with Gasteiger partial charge in [-0.05, 0) is 37.3 Å². The zero-order valence-electron chi connectivity index (χ0n) is 8.92. The highest BCUT2D eigenvalue weighted by Crippen LogP contribution is 2.31. The van der Waals surface area contributed by atoms with E-state index in [1.54, 1.807) is 0 Å². The minimum atomic E-state index is 0.247. The molecule has 0 aromatic carbocycles. The first-order valence-corrected chi connectivity index (χ1v) is 5.50. The van der Waals surface area contributed by atoms with Gasteiger partial charge in [0.05, 0.1) is 11.4 Å². The third-order valence-electron chi connectivity index (χ3n) is 2.82. The van der Waals surface area contributed by atoms with E-state index < -0.39 is 0 Å².